The molecule has 0 fully saturated rings. The highest BCUT2D eigenvalue weighted by atomic mass is 19.1. The van der Waals surface area contributed by atoms with Gasteiger partial charge in [-0.3, -0.25) is 4.79 Å². The van der Waals surface area contributed by atoms with Gasteiger partial charge in [-0.1, -0.05) is 13.3 Å². The van der Waals surface area contributed by atoms with Crippen LogP contribution in [0.3, 0.4) is 0 Å². The van der Waals surface area contributed by atoms with Gasteiger partial charge in [0, 0.05) is 11.8 Å². The Balaban J connectivity index is 2.41. The molecule has 0 aromatic heterocycles. The minimum Gasteiger partial charge on any atom is -0.491 e. The van der Waals surface area contributed by atoms with E-state index in [0.717, 1.165) is 12.8 Å². The Morgan fingerprint density at radius 1 is 1.37 bits per heavy atom. The third-order valence-corrected chi connectivity index (χ3v) is 2.43. The SMILES string of the molecule is CCCCOC(=O)CNc1ccc(OCC)c(F)c1. The molecule has 4 nitrogen and oxygen atoms in total. The molecule has 0 aliphatic carbocycles. The van der Waals surface area contributed by atoms with Gasteiger partial charge in [0.25, 0.3) is 0 Å². The molecule has 1 N–H and O–H groups in total. The lowest BCUT2D eigenvalue weighted by Crippen LogP contribution is -2.17. The summed E-state index contributed by atoms with van der Waals surface area (Å²) in [6, 6.07) is 4.49. The summed E-state index contributed by atoms with van der Waals surface area (Å²) in [5.41, 5.74) is 0.522. The number of rotatable bonds is 8. The maximum Gasteiger partial charge on any atom is 0.325 e. The number of hydrogen-bond acceptors (Lipinski definition) is 4. The first kappa shape index (κ1) is 15.3. The molecule has 5 heteroatoms. The van der Waals surface area contributed by atoms with Gasteiger partial charge in [-0.25, -0.2) is 4.39 Å². The fraction of sp³-hybridized carbons (Fsp3) is 0.500. The molecule has 0 saturated carbocycles. The Morgan fingerprint density at radius 3 is 2.79 bits per heavy atom. The second-order valence-electron chi connectivity index (χ2n) is 4.01. The average molecular weight is 269 g/mol. The third kappa shape index (κ3) is 5.59. The van der Waals surface area contributed by atoms with Crippen LogP contribution in [0.15, 0.2) is 18.2 Å². The minimum absolute atomic E-state index is 0.0249. The molecule has 0 bridgehead atoms. The first-order chi connectivity index (χ1) is 9.17. The van der Waals surface area contributed by atoms with Gasteiger partial charge in [-0.15, -0.1) is 0 Å². The van der Waals surface area contributed by atoms with E-state index >= 15 is 0 Å². The zero-order valence-electron chi connectivity index (χ0n) is 11.4. The van der Waals surface area contributed by atoms with E-state index in [1.54, 1.807) is 13.0 Å². The van der Waals surface area contributed by atoms with Crippen molar-refractivity contribution in [3.63, 3.8) is 0 Å². The quantitative estimate of drug-likeness (QED) is 0.582. The smallest absolute Gasteiger partial charge is 0.325 e. The van der Waals surface area contributed by atoms with Crippen molar-refractivity contribution >= 4 is 11.7 Å². The van der Waals surface area contributed by atoms with Crippen LogP contribution in [-0.4, -0.2) is 25.7 Å². The Kier molecular flexibility index (Phi) is 6.71. The average Bonchev–Trinajstić information content (AvgIpc) is 2.40. The summed E-state index contributed by atoms with van der Waals surface area (Å²) in [6.45, 7) is 4.67. The number of nitrogens with one attached hydrogen (secondary N) is 1. The standard InChI is InChI=1S/C14H20FNO3/c1-3-5-8-19-14(17)10-16-11-6-7-13(18-4-2)12(15)9-11/h6-7,9,16H,3-5,8,10H2,1-2H3. The van der Waals surface area contributed by atoms with Gasteiger partial charge >= 0.3 is 5.97 Å². The Labute approximate surface area is 112 Å². The highest BCUT2D eigenvalue weighted by Gasteiger charge is 2.06. The second-order valence-corrected chi connectivity index (χ2v) is 4.01. The van der Waals surface area contributed by atoms with Crippen LogP contribution in [0.5, 0.6) is 5.75 Å². The van der Waals surface area contributed by atoms with E-state index in [-0.39, 0.29) is 18.3 Å². The second kappa shape index (κ2) is 8.34. The molecule has 1 rings (SSSR count). The van der Waals surface area contributed by atoms with Gasteiger partial charge in [0.1, 0.15) is 6.54 Å². The van der Waals surface area contributed by atoms with Gasteiger partial charge in [-0.05, 0) is 25.5 Å². The zero-order chi connectivity index (χ0) is 14.1. The maximum atomic E-state index is 13.5. The van der Waals surface area contributed by atoms with Crippen LogP contribution >= 0.6 is 0 Å². The molecule has 0 saturated heterocycles. The summed E-state index contributed by atoms with van der Waals surface area (Å²) < 4.78 is 23.6. The lowest BCUT2D eigenvalue weighted by Gasteiger charge is -2.09. The lowest BCUT2D eigenvalue weighted by atomic mass is 10.3. The third-order valence-electron chi connectivity index (χ3n) is 2.43. The molecule has 1 aromatic rings. The first-order valence-corrected chi connectivity index (χ1v) is 6.49. The molecule has 0 aliphatic rings. The molecule has 0 radical (unpaired) electrons. The fourth-order valence-electron chi connectivity index (χ4n) is 1.44. The maximum absolute atomic E-state index is 13.5. The number of benzene rings is 1. The van der Waals surface area contributed by atoms with Crippen LogP contribution in [0.25, 0.3) is 0 Å². The molecule has 0 aliphatic heterocycles. The van der Waals surface area contributed by atoms with Crippen molar-refractivity contribution in [1.82, 2.24) is 0 Å². The number of carbonyl (C=O) groups is 1. The van der Waals surface area contributed by atoms with Crippen LogP contribution < -0.4 is 10.1 Å². The van der Waals surface area contributed by atoms with E-state index in [2.05, 4.69) is 5.32 Å². The monoisotopic (exact) mass is 269 g/mol. The van der Waals surface area contributed by atoms with E-state index < -0.39 is 5.82 Å². The highest BCUT2D eigenvalue weighted by molar-refractivity contribution is 5.75. The number of anilines is 1. The summed E-state index contributed by atoms with van der Waals surface area (Å²) in [4.78, 5) is 11.3. The zero-order valence-corrected chi connectivity index (χ0v) is 11.4. The van der Waals surface area contributed by atoms with Gasteiger partial charge < -0.3 is 14.8 Å². The summed E-state index contributed by atoms with van der Waals surface area (Å²) >= 11 is 0. The normalized spacial score (nSPS) is 10.1. The molecule has 0 spiro atoms. The topological polar surface area (TPSA) is 47.6 Å². The number of unbranched alkanes of at least 4 members (excludes halogenated alkanes) is 1. The summed E-state index contributed by atoms with van der Waals surface area (Å²) in [6.07, 6.45) is 1.83. The molecular weight excluding hydrogens is 249 g/mol. The molecule has 106 valence electrons. The van der Waals surface area contributed by atoms with E-state index in [0.29, 0.717) is 18.9 Å². The summed E-state index contributed by atoms with van der Waals surface area (Å²) in [7, 11) is 0. The highest BCUT2D eigenvalue weighted by Crippen LogP contribution is 2.20. The Bertz CT molecular complexity index is 410. The lowest BCUT2D eigenvalue weighted by molar-refractivity contribution is -0.141. The van der Waals surface area contributed by atoms with Crippen molar-refractivity contribution < 1.29 is 18.7 Å². The largest absolute Gasteiger partial charge is 0.491 e. The van der Waals surface area contributed by atoms with Crippen LogP contribution in [0.1, 0.15) is 26.7 Å². The Morgan fingerprint density at radius 2 is 2.16 bits per heavy atom. The molecule has 19 heavy (non-hydrogen) atoms. The van der Waals surface area contributed by atoms with Crippen molar-refractivity contribution in [1.29, 1.82) is 0 Å². The molecule has 0 heterocycles. The van der Waals surface area contributed by atoms with E-state index in [1.807, 2.05) is 6.92 Å². The Hall–Kier alpha value is -1.78. The van der Waals surface area contributed by atoms with Gasteiger partial charge in [0.15, 0.2) is 11.6 Å². The predicted octanol–water partition coefficient (Wildman–Crippen LogP) is 2.98. The van der Waals surface area contributed by atoms with E-state index in [4.69, 9.17) is 9.47 Å². The first-order valence-electron chi connectivity index (χ1n) is 6.49. The van der Waals surface area contributed by atoms with Crippen LogP contribution in [0.2, 0.25) is 0 Å². The van der Waals surface area contributed by atoms with Crippen molar-refractivity contribution in [2.24, 2.45) is 0 Å². The minimum atomic E-state index is -0.453. The number of ether oxygens (including phenoxy) is 2. The summed E-state index contributed by atoms with van der Waals surface area (Å²) in [5.74, 6) is -0.590. The number of halogens is 1. The molecule has 1 aromatic carbocycles. The van der Waals surface area contributed by atoms with Crippen molar-refractivity contribution in [2.75, 3.05) is 25.1 Å². The molecule has 0 unspecified atom stereocenters. The van der Waals surface area contributed by atoms with Crippen molar-refractivity contribution in [3.8, 4) is 5.75 Å². The van der Waals surface area contributed by atoms with Gasteiger partial charge in [0.05, 0.1) is 13.2 Å². The van der Waals surface area contributed by atoms with E-state index in [9.17, 15) is 9.18 Å². The number of hydrogen-bond donors (Lipinski definition) is 1. The predicted molar refractivity (Wildman–Crippen MR) is 71.9 cm³/mol. The fourth-order valence-corrected chi connectivity index (χ4v) is 1.44. The molecular formula is C14H20FNO3. The van der Waals surface area contributed by atoms with Crippen LogP contribution in [0.4, 0.5) is 10.1 Å². The van der Waals surface area contributed by atoms with Crippen LogP contribution in [0, 0.1) is 5.82 Å². The van der Waals surface area contributed by atoms with Gasteiger partial charge in [0.2, 0.25) is 0 Å². The number of esters is 1. The van der Waals surface area contributed by atoms with Crippen LogP contribution in [-0.2, 0) is 9.53 Å². The number of carbonyl (C=O) groups excluding carboxylic acids is 1. The van der Waals surface area contributed by atoms with E-state index in [1.165, 1.54) is 12.1 Å². The molecule has 0 amide bonds. The van der Waals surface area contributed by atoms with Crippen molar-refractivity contribution in [3.05, 3.63) is 24.0 Å². The molecule has 0 atom stereocenters. The van der Waals surface area contributed by atoms with Crippen molar-refractivity contribution in [2.45, 2.75) is 26.7 Å². The summed E-state index contributed by atoms with van der Waals surface area (Å²) in [5, 5.41) is 2.81. The van der Waals surface area contributed by atoms with Gasteiger partial charge in [-0.2, -0.15) is 0 Å².